The Hall–Kier alpha value is -1.56. The SMILES string of the molecule is CCCCOC1=C(C(=O)O)N=C2N(CCOC23CCC3)C1. The molecule has 2 heterocycles. The Morgan fingerprint density at radius 2 is 2.33 bits per heavy atom. The maximum atomic E-state index is 11.5. The zero-order chi connectivity index (χ0) is 14.9. The Morgan fingerprint density at radius 1 is 1.52 bits per heavy atom. The number of hydrogen-bond acceptors (Lipinski definition) is 5. The van der Waals surface area contributed by atoms with Crippen LogP contribution in [0.15, 0.2) is 16.4 Å². The van der Waals surface area contributed by atoms with Gasteiger partial charge >= 0.3 is 5.97 Å². The van der Waals surface area contributed by atoms with Crippen LogP contribution in [0.3, 0.4) is 0 Å². The fourth-order valence-corrected chi connectivity index (χ4v) is 3.04. The summed E-state index contributed by atoms with van der Waals surface area (Å²) in [5.41, 5.74) is -0.289. The Kier molecular flexibility index (Phi) is 3.89. The van der Waals surface area contributed by atoms with E-state index in [4.69, 9.17) is 9.47 Å². The van der Waals surface area contributed by atoms with Crippen LogP contribution < -0.4 is 0 Å². The molecular formula is C15H22N2O4. The lowest BCUT2D eigenvalue weighted by molar-refractivity contribution is -0.133. The van der Waals surface area contributed by atoms with Crippen molar-refractivity contribution in [3.05, 3.63) is 11.5 Å². The standard InChI is InChI=1S/C15H22N2O4/c1-2-3-8-20-11-10-17-7-9-21-15(5-4-6-15)14(17)16-12(11)13(18)19/h2-10H2,1H3,(H,18,19). The van der Waals surface area contributed by atoms with Crippen molar-refractivity contribution in [1.82, 2.24) is 4.90 Å². The maximum Gasteiger partial charge on any atom is 0.358 e. The van der Waals surface area contributed by atoms with Crippen LogP contribution in [0.5, 0.6) is 0 Å². The van der Waals surface area contributed by atoms with E-state index in [0.29, 0.717) is 25.5 Å². The summed E-state index contributed by atoms with van der Waals surface area (Å²) in [4.78, 5) is 18.0. The number of ether oxygens (including phenoxy) is 2. The van der Waals surface area contributed by atoms with Crippen LogP contribution in [0.2, 0.25) is 0 Å². The van der Waals surface area contributed by atoms with Gasteiger partial charge in [-0.05, 0) is 25.7 Å². The van der Waals surface area contributed by atoms with Crippen LogP contribution in [0, 0.1) is 0 Å². The van der Waals surface area contributed by atoms with Crippen molar-refractivity contribution in [1.29, 1.82) is 0 Å². The van der Waals surface area contributed by atoms with Crippen molar-refractivity contribution in [2.24, 2.45) is 4.99 Å². The Labute approximate surface area is 124 Å². The first kappa shape index (κ1) is 14.4. The van der Waals surface area contributed by atoms with Crippen molar-refractivity contribution >= 4 is 11.8 Å². The lowest BCUT2D eigenvalue weighted by atomic mass is 9.77. The molecule has 116 valence electrons. The van der Waals surface area contributed by atoms with Gasteiger partial charge in [0.25, 0.3) is 0 Å². The summed E-state index contributed by atoms with van der Waals surface area (Å²) in [6.45, 7) is 4.53. The first-order valence-corrected chi connectivity index (χ1v) is 7.73. The largest absolute Gasteiger partial charge is 0.493 e. The number of unbranched alkanes of at least 4 members (excludes halogenated alkanes) is 1. The average molecular weight is 294 g/mol. The van der Waals surface area contributed by atoms with Crippen molar-refractivity contribution in [3.8, 4) is 0 Å². The number of morpholine rings is 1. The van der Waals surface area contributed by atoms with Gasteiger partial charge < -0.3 is 19.5 Å². The van der Waals surface area contributed by atoms with Crippen LogP contribution in [0.25, 0.3) is 0 Å². The summed E-state index contributed by atoms with van der Waals surface area (Å²) in [5.74, 6) is 0.255. The van der Waals surface area contributed by atoms with Gasteiger partial charge in [0.2, 0.25) is 0 Å². The Balaban J connectivity index is 1.87. The van der Waals surface area contributed by atoms with E-state index in [1.807, 2.05) is 0 Å². The van der Waals surface area contributed by atoms with Gasteiger partial charge in [-0.2, -0.15) is 0 Å². The number of aliphatic carboxylic acids is 1. The zero-order valence-electron chi connectivity index (χ0n) is 12.4. The molecule has 1 N–H and O–H groups in total. The Morgan fingerprint density at radius 3 is 2.95 bits per heavy atom. The normalized spacial score (nSPS) is 23.5. The molecule has 0 radical (unpaired) electrons. The van der Waals surface area contributed by atoms with Gasteiger partial charge in [0.15, 0.2) is 5.70 Å². The molecule has 2 fully saturated rings. The predicted molar refractivity (Wildman–Crippen MR) is 77.1 cm³/mol. The highest BCUT2D eigenvalue weighted by Gasteiger charge is 2.49. The molecule has 1 saturated carbocycles. The number of aliphatic imine (C=N–C) groups is 1. The van der Waals surface area contributed by atoms with E-state index in [-0.39, 0.29) is 11.3 Å². The molecule has 3 aliphatic rings. The van der Waals surface area contributed by atoms with Gasteiger partial charge in [-0.3, -0.25) is 0 Å². The van der Waals surface area contributed by atoms with E-state index >= 15 is 0 Å². The van der Waals surface area contributed by atoms with Crippen molar-refractivity contribution in [2.45, 2.75) is 44.6 Å². The predicted octanol–water partition coefficient (Wildman–Crippen LogP) is 1.77. The second kappa shape index (κ2) is 5.67. The van der Waals surface area contributed by atoms with Gasteiger partial charge in [-0.15, -0.1) is 0 Å². The lowest BCUT2D eigenvalue weighted by Crippen LogP contribution is -2.61. The molecule has 1 spiro atoms. The molecule has 0 aromatic carbocycles. The fourth-order valence-electron chi connectivity index (χ4n) is 3.04. The monoisotopic (exact) mass is 294 g/mol. The number of hydrogen-bond donors (Lipinski definition) is 1. The number of carboxylic acids is 1. The molecule has 0 bridgehead atoms. The van der Waals surface area contributed by atoms with Gasteiger partial charge in [0, 0.05) is 6.54 Å². The van der Waals surface area contributed by atoms with Gasteiger partial charge in [0.05, 0.1) is 19.8 Å². The van der Waals surface area contributed by atoms with Crippen molar-refractivity contribution < 1.29 is 19.4 Å². The van der Waals surface area contributed by atoms with E-state index in [2.05, 4.69) is 16.8 Å². The number of nitrogens with zero attached hydrogens (tertiary/aromatic N) is 2. The summed E-state index contributed by atoms with van der Waals surface area (Å²) < 4.78 is 11.6. The summed E-state index contributed by atoms with van der Waals surface area (Å²) in [5, 5.41) is 9.41. The molecule has 3 rings (SSSR count). The van der Waals surface area contributed by atoms with E-state index in [1.165, 1.54) is 0 Å². The molecule has 0 unspecified atom stereocenters. The first-order chi connectivity index (χ1) is 10.2. The quantitative estimate of drug-likeness (QED) is 0.782. The third-order valence-corrected chi connectivity index (χ3v) is 4.40. The molecular weight excluding hydrogens is 272 g/mol. The molecule has 6 heteroatoms. The van der Waals surface area contributed by atoms with Crippen LogP contribution in [0.1, 0.15) is 39.0 Å². The summed E-state index contributed by atoms with van der Waals surface area (Å²) in [6.07, 6.45) is 4.91. The van der Waals surface area contributed by atoms with E-state index in [1.54, 1.807) is 0 Å². The molecule has 21 heavy (non-hydrogen) atoms. The second-order valence-corrected chi connectivity index (χ2v) is 5.83. The smallest absolute Gasteiger partial charge is 0.358 e. The molecule has 1 aliphatic carbocycles. The lowest BCUT2D eigenvalue weighted by Gasteiger charge is -2.50. The molecule has 0 aromatic rings. The van der Waals surface area contributed by atoms with Crippen LogP contribution >= 0.6 is 0 Å². The minimum Gasteiger partial charge on any atom is -0.493 e. The summed E-state index contributed by atoms with van der Waals surface area (Å²) >= 11 is 0. The van der Waals surface area contributed by atoms with Crippen LogP contribution in [-0.4, -0.2) is 53.7 Å². The third-order valence-electron chi connectivity index (χ3n) is 4.40. The molecule has 0 amide bonds. The number of carboxylic acid groups (broad SMARTS) is 1. The van der Waals surface area contributed by atoms with Crippen LogP contribution in [0.4, 0.5) is 0 Å². The molecule has 6 nitrogen and oxygen atoms in total. The minimum atomic E-state index is -1.02. The highest BCUT2D eigenvalue weighted by Crippen LogP contribution is 2.41. The summed E-state index contributed by atoms with van der Waals surface area (Å²) in [6, 6.07) is 0. The molecule has 1 saturated heterocycles. The van der Waals surface area contributed by atoms with E-state index < -0.39 is 5.97 Å². The van der Waals surface area contributed by atoms with Gasteiger partial charge in [-0.25, -0.2) is 9.79 Å². The topological polar surface area (TPSA) is 71.4 Å². The number of fused-ring (bicyclic) bond motifs is 2. The molecule has 0 aromatic heterocycles. The van der Waals surface area contributed by atoms with Crippen molar-refractivity contribution in [3.63, 3.8) is 0 Å². The molecule has 0 atom stereocenters. The van der Waals surface area contributed by atoms with Gasteiger partial charge in [0.1, 0.15) is 17.2 Å². The Bertz CT molecular complexity index is 494. The second-order valence-electron chi connectivity index (χ2n) is 5.83. The number of amidine groups is 1. The number of carbonyl (C=O) groups is 1. The zero-order valence-corrected chi connectivity index (χ0v) is 12.4. The highest BCUT2D eigenvalue weighted by molar-refractivity contribution is 5.99. The molecule has 2 aliphatic heterocycles. The van der Waals surface area contributed by atoms with E-state index in [9.17, 15) is 9.90 Å². The first-order valence-electron chi connectivity index (χ1n) is 7.73. The van der Waals surface area contributed by atoms with Crippen LogP contribution in [-0.2, 0) is 14.3 Å². The van der Waals surface area contributed by atoms with Crippen molar-refractivity contribution in [2.75, 3.05) is 26.3 Å². The highest BCUT2D eigenvalue weighted by atomic mass is 16.5. The average Bonchev–Trinajstić information content (AvgIpc) is 2.44. The summed E-state index contributed by atoms with van der Waals surface area (Å²) in [7, 11) is 0. The van der Waals surface area contributed by atoms with E-state index in [0.717, 1.165) is 44.5 Å². The number of rotatable bonds is 5. The van der Waals surface area contributed by atoms with Gasteiger partial charge in [-0.1, -0.05) is 13.3 Å². The minimum absolute atomic E-state index is 0.0501. The third kappa shape index (κ3) is 2.52. The fraction of sp³-hybridized carbons (Fsp3) is 0.733. The maximum absolute atomic E-state index is 11.5.